The van der Waals surface area contributed by atoms with Gasteiger partial charge in [-0.25, -0.2) is 8.78 Å². The van der Waals surface area contributed by atoms with E-state index >= 15 is 0 Å². The predicted molar refractivity (Wildman–Crippen MR) is 116 cm³/mol. The first-order valence-electron chi connectivity index (χ1n) is 9.91. The number of nitrogens with one attached hydrogen (secondary N) is 1. The van der Waals surface area contributed by atoms with Gasteiger partial charge in [0.15, 0.2) is 0 Å². The highest BCUT2D eigenvalue weighted by molar-refractivity contribution is 6.12. The number of hydrogen-bond donors (Lipinski definition) is 1. The minimum Gasteiger partial charge on any atom is -0.319 e. The van der Waals surface area contributed by atoms with Crippen LogP contribution in [-0.4, -0.2) is 20.7 Å². The summed E-state index contributed by atoms with van der Waals surface area (Å²) in [4.78, 5) is 17.7. The molecule has 7 heteroatoms. The summed E-state index contributed by atoms with van der Waals surface area (Å²) in [5.74, 6) is -1.55. The molecule has 0 spiro atoms. The molecule has 2 heterocycles. The Morgan fingerprint density at radius 3 is 2.45 bits per heavy atom. The number of amides is 1. The van der Waals surface area contributed by atoms with Crippen molar-refractivity contribution in [3.8, 4) is 0 Å². The van der Waals surface area contributed by atoms with Crippen LogP contribution in [0.3, 0.4) is 0 Å². The lowest BCUT2D eigenvalue weighted by Crippen LogP contribution is -2.15. The van der Waals surface area contributed by atoms with E-state index in [0.29, 0.717) is 22.6 Å². The van der Waals surface area contributed by atoms with E-state index in [-0.39, 0.29) is 18.0 Å². The largest absolute Gasteiger partial charge is 0.319 e. The molecule has 0 saturated heterocycles. The summed E-state index contributed by atoms with van der Waals surface area (Å²) in [5.41, 5.74) is 4.65. The van der Waals surface area contributed by atoms with Gasteiger partial charge in [-0.15, -0.1) is 0 Å². The molecule has 0 radical (unpaired) electrons. The molecular weight excluding hydrogens is 398 g/mol. The lowest BCUT2D eigenvalue weighted by atomic mass is 10.0. The monoisotopic (exact) mass is 420 g/mol. The van der Waals surface area contributed by atoms with E-state index in [4.69, 9.17) is 0 Å². The van der Waals surface area contributed by atoms with Crippen LogP contribution in [0.1, 0.15) is 38.6 Å². The topological polar surface area (TPSA) is 59.8 Å². The molecular formula is C24H22F2N4O. The molecule has 0 unspecified atom stereocenters. The van der Waals surface area contributed by atoms with Gasteiger partial charge in [-0.1, -0.05) is 17.7 Å². The van der Waals surface area contributed by atoms with E-state index in [0.717, 1.165) is 22.2 Å². The third kappa shape index (κ3) is 3.91. The molecule has 0 saturated carbocycles. The molecule has 0 aliphatic heterocycles. The number of halogens is 2. The number of nitrogens with zero attached hydrogens (tertiary/aromatic N) is 3. The van der Waals surface area contributed by atoms with Crippen LogP contribution in [0.4, 0.5) is 14.5 Å². The van der Waals surface area contributed by atoms with Gasteiger partial charge in [-0.3, -0.25) is 14.5 Å². The number of pyridine rings is 1. The Morgan fingerprint density at radius 1 is 1.03 bits per heavy atom. The molecule has 0 aliphatic carbocycles. The Labute approximate surface area is 178 Å². The summed E-state index contributed by atoms with van der Waals surface area (Å²) in [6.07, 6.45) is 0. The van der Waals surface area contributed by atoms with Gasteiger partial charge in [0.05, 0.1) is 34.7 Å². The molecule has 31 heavy (non-hydrogen) atoms. The van der Waals surface area contributed by atoms with E-state index in [9.17, 15) is 13.6 Å². The van der Waals surface area contributed by atoms with Crippen molar-refractivity contribution in [1.29, 1.82) is 0 Å². The van der Waals surface area contributed by atoms with Gasteiger partial charge in [-0.05, 0) is 58.0 Å². The van der Waals surface area contributed by atoms with Crippen LogP contribution in [0.2, 0.25) is 0 Å². The average Bonchev–Trinajstić information content (AvgIpc) is 2.98. The highest BCUT2D eigenvalue weighted by Crippen LogP contribution is 2.25. The van der Waals surface area contributed by atoms with Crippen LogP contribution in [-0.2, 0) is 6.54 Å². The summed E-state index contributed by atoms with van der Waals surface area (Å²) in [7, 11) is 0. The van der Waals surface area contributed by atoms with Crippen molar-refractivity contribution in [3.63, 3.8) is 0 Å². The summed E-state index contributed by atoms with van der Waals surface area (Å²) in [5, 5.41) is 8.08. The molecule has 1 amide bonds. The van der Waals surface area contributed by atoms with Crippen LogP contribution in [0.25, 0.3) is 10.9 Å². The Morgan fingerprint density at radius 2 is 1.74 bits per heavy atom. The first kappa shape index (κ1) is 20.7. The van der Waals surface area contributed by atoms with Crippen molar-refractivity contribution in [1.82, 2.24) is 14.8 Å². The van der Waals surface area contributed by atoms with E-state index in [2.05, 4.69) is 15.4 Å². The third-order valence-electron chi connectivity index (χ3n) is 5.33. The standard InChI is InChI=1S/C24H22F2N4O/c1-13-8-9-22-17(10-13)18(11-14(2)27-22)24(31)28-23-15(3)29-30(16(23)4)12-19-20(25)6-5-7-21(19)26/h5-11H,12H2,1-4H3,(H,28,31). The summed E-state index contributed by atoms with van der Waals surface area (Å²) < 4.78 is 29.6. The second-order valence-electron chi connectivity index (χ2n) is 7.69. The highest BCUT2D eigenvalue weighted by Gasteiger charge is 2.19. The van der Waals surface area contributed by atoms with E-state index < -0.39 is 11.6 Å². The van der Waals surface area contributed by atoms with Gasteiger partial charge in [0.2, 0.25) is 0 Å². The van der Waals surface area contributed by atoms with E-state index in [1.54, 1.807) is 19.9 Å². The lowest BCUT2D eigenvalue weighted by molar-refractivity contribution is 0.102. The first-order valence-corrected chi connectivity index (χ1v) is 9.91. The first-order chi connectivity index (χ1) is 14.7. The summed E-state index contributed by atoms with van der Waals surface area (Å²) >= 11 is 0. The fourth-order valence-corrected chi connectivity index (χ4v) is 3.71. The second kappa shape index (κ2) is 7.91. The molecule has 5 nitrogen and oxygen atoms in total. The minimum atomic E-state index is -0.632. The molecule has 4 rings (SSSR count). The van der Waals surface area contributed by atoms with Gasteiger partial charge < -0.3 is 5.32 Å². The van der Waals surface area contributed by atoms with Crippen molar-refractivity contribution in [3.05, 3.63) is 87.9 Å². The second-order valence-corrected chi connectivity index (χ2v) is 7.69. The van der Waals surface area contributed by atoms with Crippen molar-refractivity contribution in [2.75, 3.05) is 5.32 Å². The van der Waals surface area contributed by atoms with E-state index in [1.165, 1.54) is 22.9 Å². The third-order valence-corrected chi connectivity index (χ3v) is 5.33. The van der Waals surface area contributed by atoms with Crippen LogP contribution in [0, 0.1) is 39.3 Å². The maximum absolute atomic E-state index is 14.1. The Kier molecular flexibility index (Phi) is 5.27. The SMILES string of the molecule is Cc1ccc2nc(C)cc(C(=O)Nc3c(C)nn(Cc4c(F)cccc4F)c3C)c2c1. The molecule has 0 atom stereocenters. The van der Waals surface area contributed by atoms with Crippen molar-refractivity contribution >= 4 is 22.5 Å². The Balaban J connectivity index is 1.69. The predicted octanol–water partition coefficient (Wildman–Crippen LogP) is 5.24. The zero-order valence-corrected chi connectivity index (χ0v) is 17.8. The molecule has 4 aromatic rings. The molecule has 158 valence electrons. The van der Waals surface area contributed by atoms with Crippen molar-refractivity contribution < 1.29 is 13.6 Å². The maximum Gasteiger partial charge on any atom is 0.256 e. The molecule has 1 N–H and O–H groups in total. The smallest absolute Gasteiger partial charge is 0.256 e. The normalized spacial score (nSPS) is 11.2. The molecule has 0 fully saturated rings. The Hall–Kier alpha value is -3.61. The van der Waals surface area contributed by atoms with Gasteiger partial charge in [0.25, 0.3) is 5.91 Å². The van der Waals surface area contributed by atoms with Gasteiger partial charge in [-0.2, -0.15) is 5.10 Å². The number of fused-ring (bicyclic) bond motifs is 1. The Bertz CT molecular complexity index is 1310. The van der Waals surface area contributed by atoms with Crippen LogP contribution in [0.5, 0.6) is 0 Å². The minimum absolute atomic E-state index is 0.0719. The van der Waals surface area contributed by atoms with Crippen LogP contribution < -0.4 is 5.32 Å². The highest BCUT2D eigenvalue weighted by atomic mass is 19.1. The summed E-state index contributed by atoms with van der Waals surface area (Å²) in [6, 6.07) is 11.3. The van der Waals surface area contributed by atoms with Gasteiger partial charge >= 0.3 is 0 Å². The number of benzene rings is 2. The zero-order chi connectivity index (χ0) is 22.3. The fraction of sp³-hybridized carbons (Fsp3) is 0.208. The summed E-state index contributed by atoms with van der Waals surface area (Å²) in [6.45, 7) is 7.23. The number of carbonyl (C=O) groups is 1. The molecule has 2 aromatic heterocycles. The van der Waals surface area contributed by atoms with Crippen LogP contribution >= 0.6 is 0 Å². The fourth-order valence-electron chi connectivity index (χ4n) is 3.71. The van der Waals surface area contributed by atoms with Gasteiger partial charge in [0.1, 0.15) is 11.6 Å². The number of rotatable bonds is 4. The van der Waals surface area contributed by atoms with Gasteiger partial charge in [0, 0.05) is 16.6 Å². The van der Waals surface area contributed by atoms with Crippen molar-refractivity contribution in [2.24, 2.45) is 0 Å². The number of carbonyl (C=O) groups excluding carboxylic acids is 1. The molecule has 0 bridgehead atoms. The lowest BCUT2D eigenvalue weighted by Gasteiger charge is -2.11. The number of aromatic nitrogens is 3. The van der Waals surface area contributed by atoms with E-state index in [1.807, 2.05) is 32.0 Å². The number of hydrogen-bond acceptors (Lipinski definition) is 3. The maximum atomic E-state index is 14.1. The number of aryl methyl sites for hydroxylation is 3. The molecule has 0 aliphatic rings. The zero-order valence-electron chi connectivity index (χ0n) is 17.8. The average molecular weight is 420 g/mol. The molecule has 2 aromatic carbocycles. The quantitative estimate of drug-likeness (QED) is 0.491. The van der Waals surface area contributed by atoms with Crippen LogP contribution in [0.15, 0.2) is 42.5 Å². The van der Waals surface area contributed by atoms with Crippen molar-refractivity contribution in [2.45, 2.75) is 34.2 Å². The number of anilines is 1.